The van der Waals surface area contributed by atoms with Crippen molar-refractivity contribution in [1.82, 2.24) is 4.98 Å². The van der Waals surface area contributed by atoms with Crippen molar-refractivity contribution in [2.45, 2.75) is 0 Å². The van der Waals surface area contributed by atoms with E-state index in [-0.39, 0.29) is 5.91 Å². The lowest BCUT2D eigenvalue weighted by Crippen LogP contribution is -2.12. The van der Waals surface area contributed by atoms with E-state index < -0.39 is 5.63 Å². The molecule has 1 amide bonds. The first-order valence-electron chi connectivity index (χ1n) is 12.6. The SMILES string of the molecule is O=C(Nc1ccc2oc(-c3cccc4c(Br)cccc34)nc2c1)c1cccc(-c2cc3ccccc3oc2=O)c1. The van der Waals surface area contributed by atoms with Crippen molar-refractivity contribution in [3.05, 3.63) is 130 Å². The smallest absolute Gasteiger partial charge is 0.344 e. The summed E-state index contributed by atoms with van der Waals surface area (Å²) in [6.45, 7) is 0. The second kappa shape index (κ2) is 9.63. The Morgan fingerprint density at radius 3 is 2.48 bits per heavy atom. The summed E-state index contributed by atoms with van der Waals surface area (Å²) < 4.78 is 12.5. The first-order valence-corrected chi connectivity index (χ1v) is 13.4. The molecule has 0 bridgehead atoms. The zero-order valence-corrected chi connectivity index (χ0v) is 22.4. The predicted octanol–water partition coefficient (Wildman–Crippen LogP) is 8.44. The van der Waals surface area contributed by atoms with Gasteiger partial charge < -0.3 is 14.2 Å². The molecule has 0 unspecified atom stereocenters. The van der Waals surface area contributed by atoms with E-state index in [9.17, 15) is 9.59 Å². The van der Waals surface area contributed by atoms with Crippen LogP contribution in [0, 0.1) is 0 Å². The number of nitrogens with one attached hydrogen (secondary N) is 1. The Balaban J connectivity index is 1.18. The van der Waals surface area contributed by atoms with Gasteiger partial charge in [-0.3, -0.25) is 4.79 Å². The van der Waals surface area contributed by atoms with Crippen molar-refractivity contribution in [3.63, 3.8) is 0 Å². The predicted molar refractivity (Wildman–Crippen MR) is 161 cm³/mol. The molecule has 0 atom stereocenters. The van der Waals surface area contributed by atoms with Gasteiger partial charge in [-0.25, -0.2) is 9.78 Å². The van der Waals surface area contributed by atoms with Crippen LogP contribution in [0.3, 0.4) is 0 Å². The number of hydrogen-bond acceptors (Lipinski definition) is 5. The molecule has 6 nitrogen and oxygen atoms in total. The van der Waals surface area contributed by atoms with Gasteiger partial charge in [-0.1, -0.05) is 70.5 Å². The monoisotopic (exact) mass is 586 g/mol. The Hall–Kier alpha value is -5.01. The zero-order valence-electron chi connectivity index (χ0n) is 20.9. The van der Waals surface area contributed by atoms with E-state index in [0.717, 1.165) is 26.2 Å². The first-order chi connectivity index (χ1) is 19.5. The normalized spacial score (nSPS) is 11.3. The third-order valence-corrected chi connectivity index (χ3v) is 7.51. The maximum absolute atomic E-state index is 13.2. The van der Waals surface area contributed by atoms with Crippen LogP contribution < -0.4 is 10.9 Å². The highest BCUT2D eigenvalue weighted by atomic mass is 79.9. The lowest BCUT2D eigenvalue weighted by atomic mass is 10.0. The third-order valence-electron chi connectivity index (χ3n) is 6.82. The van der Waals surface area contributed by atoms with E-state index in [1.807, 2.05) is 54.6 Å². The number of carbonyl (C=O) groups excluding carboxylic acids is 1. The maximum Gasteiger partial charge on any atom is 0.344 e. The van der Waals surface area contributed by atoms with E-state index >= 15 is 0 Å². The molecule has 0 aliphatic rings. The van der Waals surface area contributed by atoms with Gasteiger partial charge in [-0.2, -0.15) is 0 Å². The molecule has 7 aromatic rings. The number of amides is 1. The average molecular weight is 587 g/mol. The van der Waals surface area contributed by atoms with Crippen LogP contribution in [0.4, 0.5) is 5.69 Å². The summed E-state index contributed by atoms with van der Waals surface area (Å²) in [4.78, 5) is 30.5. The molecule has 7 heteroatoms. The van der Waals surface area contributed by atoms with Crippen LogP contribution in [0.5, 0.6) is 0 Å². The molecule has 40 heavy (non-hydrogen) atoms. The van der Waals surface area contributed by atoms with Crippen LogP contribution >= 0.6 is 15.9 Å². The van der Waals surface area contributed by atoms with Crippen LogP contribution in [-0.2, 0) is 0 Å². The summed E-state index contributed by atoms with van der Waals surface area (Å²) in [6, 6.07) is 33.4. The summed E-state index contributed by atoms with van der Waals surface area (Å²) in [5, 5.41) is 5.83. The van der Waals surface area contributed by atoms with Gasteiger partial charge in [0.15, 0.2) is 5.58 Å². The van der Waals surface area contributed by atoms with Gasteiger partial charge in [0.25, 0.3) is 5.91 Å². The second-order valence-corrected chi connectivity index (χ2v) is 10.2. The number of benzene rings is 5. The summed E-state index contributed by atoms with van der Waals surface area (Å²) in [7, 11) is 0. The fourth-order valence-electron chi connectivity index (χ4n) is 4.87. The number of aromatic nitrogens is 1. The van der Waals surface area contributed by atoms with E-state index in [4.69, 9.17) is 13.8 Å². The molecule has 5 aromatic carbocycles. The standard InChI is InChI=1S/C33H19BrN2O4/c34-27-12-5-9-23-24(27)10-4-11-25(23)32-36-28-18-22(14-15-30(28)39-32)35-31(37)21-8-3-7-19(16-21)26-17-20-6-1-2-13-29(20)40-33(26)38/h1-18H,(H,35,37). The van der Waals surface area contributed by atoms with Gasteiger partial charge >= 0.3 is 5.63 Å². The molecule has 7 rings (SSSR count). The largest absolute Gasteiger partial charge is 0.436 e. The first kappa shape index (κ1) is 24.1. The number of rotatable bonds is 4. The van der Waals surface area contributed by atoms with Crippen LogP contribution in [-0.4, -0.2) is 10.9 Å². The van der Waals surface area contributed by atoms with Crippen LogP contribution in [0.1, 0.15) is 10.4 Å². The van der Waals surface area contributed by atoms with Crippen molar-refractivity contribution in [2.24, 2.45) is 0 Å². The number of anilines is 1. The number of hydrogen-bond donors (Lipinski definition) is 1. The molecule has 192 valence electrons. The number of halogens is 1. The highest BCUT2D eigenvalue weighted by Gasteiger charge is 2.15. The lowest BCUT2D eigenvalue weighted by molar-refractivity contribution is 0.102. The van der Waals surface area contributed by atoms with Gasteiger partial charge in [-0.15, -0.1) is 0 Å². The molecule has 0 saturated heterocycles. The Kier molecular flexibility index (Phi) is 5.79. The molecule has 2 heterocycles. The fraction of sp³-hybridized carbons (Fsp3) is 0. The molecule has 2 aromatic heterocycles. The molecule has 1 N–H and O–H groups in total. The Morgan fingerprint density at radius 1 is 0.725 bits per heavy atom. The van der Waals surface area contributed by atoms with Gasteiger partial charge in [-0.05, 0) is 70.9 Å². The summed E-state index contributed by atoms with van der Waals surface area (Å²) in [6.07, 6.45) is 0. The quantitative estimate of drug-likeness (QED) is 0.209. The molecule has 0 radical (unpaired) electrons. The summed E-state index contributed by atoms with van der Waals surface area (Å²) >= 11 is 3.61. The van der Waals surface area contributed by atoms with Crippen molar-refractivity contribution in [2.75, 3.05) is 5.32 Å². The Bertz CT molecular complexity index is 2160. The minimum Gasteiger partial charge on any atom is -0.436 e. The average Bonchev–Trinajstić information content (AvgIpc) is 3.40. The molecular weight excluding hydrogens is 568 g/mol. The maximum atomic E-state index is 13.2. The number of carbonyl (C=O) groups is 1. The molecular formula is C33H19BrN2O4. The van der Waals surface area contributed by atoms with Crippen molar-refractivity contribution in [1.29, 1.82) is 0 Å². The van der Waals surface area contributed by atoms with E-state index in [2.05, 4.69) is 21.2 Å². The minimum absolute atomic E-state index is 0.311. The van der Waals surface area contributed by atoms with Crippen LogP contribution in [0.15, 0.2) is 127 Å². The van der Waals surface area contributed by atoms with Crippen molar-refractivity contribution < 1.29 is 13.6 Å². The van der Waals surface area contributed by atoms with Crippen LogP contribution in [0.2, 0.25) is 0 Å². The number of nitrogens with zero attached hydrogens (tertiary/aromatic N) is 1. The number of oxazole rings is 1. The highest BCUT2D eigenvalue weighted by molar-refractivity contribution is 9.10. The van der Waals surface area contributed by atoms with Gasteiger partial charge in [0.1, 0.15) is 11.1 Å². The zero-order chi connectivity index (χ0) is 27.2. The van der Waals surface area contributed by atoms with Gasteiger partial charge in [0.2, 0.25) is 5.89 Å². The second-order valence-electron chi connectivity index (χ2n) is 9.36. The molecule has 0 aliphatic carbocycles. The van der Waals surface area contributed by atoms with E-state index in [0.29, 0.717) is 45.0 Å². The lowest BCUT2D eigenvalue weighted by Gasteiger charge is -2.07. The minimum atomic E-state index is -0.456. The molecule has 0 aliphatic heterocycles. The topological polar surface area (TPSA) is 85.3 Å². The van der Waals surface area contributed by atoms with E-state index in [1.165, 1.54) is 0 Å². The van der Waals surface area contributed by atoms with Crippen molar-refractivity contribution in [3.8, 4) is 22.6 Å². The van der Waals surface area contributed by atoms with Crippen LogP contribution in [0.25, 0.3) is 55.4 Å². The molecule has 0 saturated carbocycles. The Labute approximate surface area is 236 Å². The summed E-state index contributed by atoms with van der Waals surface area (Å²) in [5.41, 5.74) is 4.17. The van der Waals surface area contributed by atoms with E-state index in [1.54, 1.807) is 54.6 Å². The summed E-state index contributed by atoms with van der Waals surface area (Å²) in [5.74, 6) is 0.193. The Morgan fingerprint density at radius 2 is 1.55 bits per heavy atom. The molecule has 0 fully saturated rings. The fourth-order valence-corrected chi connectivity index (χ4v) is 5.37. The molecule has 0 spiro atoms. The van der Waals surface area contributed by atoms with Gasteiger partial charge in [0, 0.05) is 26.7 Å². The van der Waals surface area contributed by atoms with Crippen molar-refractivity contribution >= 4 is 60.4 Å². The third kappa shape index (κ3) is 4.26. The highest BCUT2D eigenvalue weighted by Crippen LogP contribution is 2.34. The number of fused-ring (bicyclic) bond motifs is 3. The van der Waals surface area contributed by atoms with Gasteiger partial charge in [0.05, 0.1) is 5.56 Å². The number of para-hydroxylation sites is 1.